The second-order valence-corrected chi connectivity index (χ2v) is 8.51. The van der Waals surface area contributed by atoms with Gasteiger partial charge >= 0.3 is 18.2 Å². The summed E-state index contributed by atoms with van der Waals surface area (Å²) in [6.45, 7) is 3.00. The van der Waals surface area contributed by atoms with Gasteiger partial charge in [-0.2, -0.15) is 17.7 Å². The van der Waals surface area contributed by atoms with Crippen LogP contribution < -0.4 is 19.5 Å². The number of halogens is 4. The number of methoxy groups -OCH3 is 1. The first-order valence-corrected chi connectivity index (χ1v) is 11.3. The molecule has 0 aliphatic carbocycles. The molecule has 0 saturated heterocycles. The molecule has 0 unspecified atom stereocenters. The SMILES string of the molecule is COc1cc2c(cc1C(F)(F)F)N(C(=O)Nc1cc(F)c(C)c(-c3ccc[n+](COC(C)=O)c3)c1)CC2. The average Bonchev–Trinajstić information content (AvgIpc) is 3.27. The Balaban J connectivity index is 1.62. The van der Waals surface area contributed by atoms with Crippen molar-refractivity contribution in [2.45, 2.75) is 33.2 Å². The number of aromatic nitrogens is 1. The van der Waals surface area contributed by atoms with Crippen LogP contribution in [0.25, 0.3) is 11.1 Å². The lowest BCUT2D eigenvalue weighted by Crippen LogP contribution is -2.35. The fourth-order valence-corrected chi connectivity index (χ4v) is 4.18. The van der Waals surface area contributed by atoms with Gasteiger partial charge in [0.2, 0.25) is 0 Å². The number of rotatable bonds is 5. The number of nitrogens with one attached hydrogen (secondary N) is 1. The molecule has 2 amide bonds. The minimum Gasteiger partial charge on any atom is -0.496 e. The Morgan fingerprint density at radius 3 is 2.62 bits per heavy atom. The maximum atomic E-state index is 14.8. The van der Waals surface area contributed by atoms with Gasteiger partial charge in [-0.3, -0.25) is 9.69 Å². The zero-order valence-electron chi connectivity index (χ0n) is 20.3. The van der Waals surface area contributed by atoms with Crippen molar-refractivity contribution in [3.05, 3.63) is 71.3 Å². The van der Waals surface area contributed by atoms with Crippen molar-refractivity contribution in [3.63, 3.8) is 0 Å². The van der Waals surface area contributed by atoms with Crippen LogP contribution in [0.3, 0.4) is 0 Å². The van der Waals surface area contributed by atoms with Crippen LogP contribution in [0.5, 0.6) is 5.75 Å². The van der Waals surface area contributed by atoms with Crippen LogP contribution in [-0.2, 0) is 28.9 Å². The molecule has 0 radical (unpaired) electrons. The van der Waals surface area contributed by atoms with E-state index >= 15 is 0 Å². The molecule has 194 valence electrons. The van der Waals surface area contributed by atoms with Gasteiger partial charge in [-0.15, -0.1) is 0 Å². The molecule has 0 fully saturated rings. The molecule has 2 aromatic carbocycles. The average molecular weight is 518 g/mol. The highest BCUT2D eigenvalue weighted by Gasteiger charge is 2.37. The minimum absolute atomic E-state index is 0.0276. The molecule has 1 aromatic heterocycles. The third kappa shape index (κ3) is 5.50. The van der Waals surface area contributed by atoms with Gasteiger partial charge in [0.1, 0.15) is 11.6 Å². The first-order chi connectivity index (χ1) is 17.5. The number of fused-ring (bicyclic) bond motifs is 1. The number of esters is 1. The summed E-state index contributed by atoms with van der Waals surface area (Å²) in [4.78, 5) is 25.4. The monoisotopic (exact) mass is 518 g/mol. The van der Waals surface area contributed by atoms with Crippen molar-refractivity contribution in [2.24, 2.45) is 0 Å². The van der Waals surface area contributed by atoms with Gasteiger partial charge in [0.05, 0.1) is 12.7 Å². The summed E-state index contributed by atoms with van der Waals surface area (Å²) >= 11 is 0. The van der Waals surface area contributed by atoms with Crippen molar-refractivity contribution in [3.8, 4) is 16.9 Å². The third-order valence-electron chi connectivity index (χ3n) is 6.03. The quantitative estimate of drug-likeness (QED) is 0.285. The summed E-state index contributed by atoms with van der Waals surface area (Å²) in [6.07, 6.45) is -0.975. The number of ether oxygens (including phenoxy) is 2. The van der Waals surface area contributed by atoms with Crippen LogP contribution in [0.2, 0.25) is 0 Å². The number of nitrogens with zero attached hydrogens (tertiary/aromatic N) is 2. The van der Waals surface area contributed by atoms with Crippen molar-refractivity contribution < 1.29 is 41.2 Å². The van der Waals surface area contributed by atoms with Crippen LogP contribution in [-0.4, -0.2) is 25.7 Å². The summed E-state index contributed by atoms with van der Waals surface area (Å²) < 4.78 is 66.9. The molecule has 4 rings (SSSR count). The number of amides is 2. The molecule has 1 N–H and O–H groups in total. The molecule has 0 spiro atoms. The van der Waals surface area contributed by atoms with Crippen LogP contribution in [0.4, 0.5) is 33.7 Å². The van der Waals surface area contributed by atoms with E-state index in [0.717, 1.165) is 19.2 Å². The Bertz CT molecular complexity index is 1370. The molecule has 3 aromatic rings. The molecule has 11 heteroatoms. The largest absolute Gasteiger partial charge is 0.496 e. The van der Waals surface area contributed by atoms with E-state index < -0.39 is 29.6 Å². The number of alkyl halides is 3. The van der Waals surface area contributed by atoms with E-state index in [0.29, 0.717) is 28.7 Å². The second kappa shape index (κ2) is 10.1. The van der Waals surface area contributed by atoms with Crippen LogP contribution in [0, 0.1) is 12.7 Å². The van der Waals surface area contributed by atoms with Gasteiger partial charge in [-0.1, -0.05) is 0 Å². The topological polar surface area (TPSA) is 71.8 Å². The molecule has 2 heterocycles. The number of pyridine rings is 1. The summed E-state index contributed by atoms with van der Waals surface area (Å²) in [5.74, 6) is -1.34. The second-order valence-electron chi connectivity index (χ2n) is 8.51. The van der Waals surface area contributed by atoms with E-state index in [-0.39, 0.29) is 30.4 Å². The zero-order chi connectivity index (χ0) is 26.9. The van der Waals surface area contributed by atoms with Crippen LogP contribution >= 0.6 is 0 Å². The first-order valence-electron chi connectivity index (χ1n) is 11.3. The molecule has 1 aliphatic heterocycles. The molecule has 37 heavy (non-hydrogen) atoms. The van der Waals surface area contributed by atoms with Gasteiger partial charge < -0.3 is 14.8 Å². The summed E-state index contributed by atoms with van der Waals surface area (Å²) in [7, 11) is 1.16. The number of benzene rings is 2. The van der Waals surface area contributed by atoms with E-state index in [4.69, 9.17) is 9.47 Å². The highest BCUT2D eigenvalue weighted by atomic mass is 19.4. The first kappa shape index (κ1) is 25.9. The predicted octanol–water partition coefficient (Wildman–Crippen LogP) is 5.23. The fourth-order valence-electron chi connectivity index (χ4n) is 4.18. The number of hydrogen-bond acceptors (Lipinski definition) is 4. The predicted molar refractivity (Wildman–Crippen MR) is 127 cm³/mol. The summed E-state index contributed by atoms with van der Waals surface area (Å²) in [5, 5.41) is 2.60. The van der Waals surface area contributed by atoms with E-state index in [2.05, 4.69) is 5.32 Å². The Labute approximate surface area is 210 Å². The molecule has 0 bridgehead atoms. The van der Waals surface area contributed by atoms with E-state index in [1.54, 1.807) is 42.1 Å². The van der Waals surface area contributed by atoms with Gasteiger partial charge in [0.15, 0.2) is 12.4 Å². The van der Waals surface area contributed by atoms with Gasteiger partial charge in [0, 0.05) is 36.5 Å². The Morgan fingerprint density at radius 1 is 1.19 bits per heavy atom. The van der Waals surface area contributed by atoms with E-state index in [1.165, 1.54) is 17.9 Å². The summed E-state index contributed by atoms with van der Waals surface area (Å²) in [5.41, 5.74) is 1.23. The molecular formula is C26H24F4N3O4+. The van der Waals surface area contributed by atoms with Crippen molar-refractivity contribution in [1.29, 1.82) is 0 Å². The summed E-state index contributed by atoms with van der Waals surface area (Å²) in [6, 6.07) is 7.66. The van der Waals surface area contributed by atoms with Gasteiger partial charge in [0.25, 0.3) is 6.73 Å². The highest BCUT2D eigenvalue weighted by Crippen LogP contribution is 2.42. The maximum absolute atomic E-state index is 14.8. The lowest BCUT2D eigenvalue weighted by molar-refractivity contribution is -0.727. The van der Waals surface area contributed by atoms with Crippen molar-refractivity contribution in [1.82, 2.24) is 0 Å². The number of urea groups is 1. The molecule has 1 aliphatic rings. The zero-order valence-corrected chi connectivity index (χ0v) is 20.3. The molecule has 0 saturated carbocycles. The highest BCUT2D eigenvalue weighted by molar-refractivity contribution is 6.03. The lowest BCUT2D eigenvalue weighted by atomic mass is 10.0. The Kier molecular flexibility index (Phi) is 7.06. The van der Waals surface area contributed by atoms with E-state index in [1.807, 2.05) is 0 Å². The number of carbonyl (C=O) groups excluding carboxylic acids is 2. The molecular weight excluding hydrogens is 494 g/mol. The molecule has 7 nitrogen and oxygen atoms in total. The van der Waals surface area contributed by atoms with Gasteiger partial charge in [-0.25, -0.2) is 9.18 Å². The molecule has 0 atom stereocenters. The maximum Gasteiger partial charge on any atom is 0.420 e. The van der Waals surface area contributed by atoms with Crippen LogP contribution in [0.15, 0.2) is 48.8 Å². The Hall–Kier alpha value is -4.15. The number of anilines is 2. The standard InChI is InChI=1S/C26H23F4N3O4/c1-15-20(18-5-4-7-32(13-18)14-37-16(2)34)10-19(11-22(15)27)31-25(35)33-8-6-17-9-24(36-3)21(12-23(17)33)26(28,29)30/h4-5,7,9-13H,6,8,14H2,1-3H3/p+1. The normalized spacial score (nSPS) is 12.8. The van der Waals surface area contributed by atoms with Crippen LogP contribution in [0.1, 0.15) is 23.6 Å². The van der Waals surface area contributed by atoms with Gasteiger partial charge in [-0.05, 0) is 60.4 Å². The third-order valence-corrected chi connectivity index (χ3v) is 6.03. The Morgan fingerprint density at radius 2 is 1.95 bits per heavy atom. The number of carbonyl (C=O) groups is 2. The fraction of sp³-hybridized carbons (Fsp3) is 0.269. The van der Waals surface area contributed by atoms with Crippen molar-refractivity contribution >= 4 is 23.4 Å². The minimum atomic E-state index is -4.66. The number of hydrogen-bond donors (Lipinski definition) is 1. The van der Waals surface area contributed by atoms with Crippen molar-refractivity contribution in [2.75, 3.05) is 23.9 Å². The van der Waals surface area contributed by atoms with E-state index in [9.17, 15) is 27.2 Å². The smallest absolute Gasteiger partial charge is 0.420 e. The lowest BCUT2D eigenvalue weighted by Gasteiger charge is -2.21.